The van der Waals surface area contributed by atoms with Crippen molar-refractivity contribution in [1.82, 2.24) is 15.1 Å². The smallest absolute Gasteiger partial charge is 0.317 e. The Hall–Kier alpha value is -1.34. The van der Waals surface area contributed by atoms with Crippen molar-refractivity contribution in [2.45, 2.75) is 31.8 Å². The number of hydrogen-bond acceptors (Lipinski definition) is 4. The van der Waals surface area contributed by atoms with E-state index in [0.717, 1.165) is 25.9 Å². The highest BCUT2D eigenvalue weighted by molar-refractivity contribution is 5.74. The average Bonchev–Trinajstić information content (AvgIpc) is 2.48. The highest BCUT2D eigenvalue weighted by atomic mass is 16.5. The number of carboxylic acids is 1. The molecule has 21 heavy (non-hydrogen) atoms. The fourth-order valence-corrected chi connectivity index (χ4v) is 2.79. The van der Waals surface area contributed by atoms with Crippen LogP contribution in [0.4, 0.5) is 4.79 Å². The lowest BCUT2D eigenvalue weighted by molar-refractivity contribution is -0.138. The van der Waals surface area contributed by atoms with Gasteiger partial charge in [-0.3, -0.25) is 9.69 Å². The quantitative estimate of drug-likeness (QED) is 0.766. The highest BCUT2D eigenvalue weighted by Gasteiger charge is 2.22. The van der Waals surface area contributed by atoms with Crippen molar-refractivity contribution in [3.8, 4) is 0 Å². The summed E-state index contributed by atoms with van der Waals surface area (Å²) >= 11 is 0. The average molecular weight is 299 g/mol. The fraction of sp³-hybridized carbons (Fsp3) is 0.857. The summed E-state index contributed by atoms with van der Waals surface area (Å²) in [6, 6.07) is -0.0548. The minimum absolute atomic E-state index is 0.0501. The molecule has 2 aliphatic rings. The zero-order chi connectivity index (χ0) is 15.1. The van der Waals surface area contributed by atoms with Gasteiger partial charge in [-0.05, 0) is 25.7 Å². The fourth-order valence-electron chi connectivity index (χ4n) is 2.79. The second-order valence-electron chi connectivity index (χ2n) is 5.67. The minimum atomic E-state index is -0.819. The van der Waals surface area contributed by atoms with E-state index >= 15 is 0 Å². The number of amides is 2. The summed E-state index contributed by atoms with van der Waals surface area (Å²) in [5.41, 5.74) is 0. The third-order valence-corrected chi connectivity index (χ3v) is 4.03. The Labute approximate surface area is 125 Å². The van der Waals surface area contributed by atoms with Crippen molar-refractivity contribution in [1.29, 1.82) is 0 Å². The number of piperazine rings is 1. The van der Waals surface area contributed by atoms with Gasteiger partial charge in [0.05, 0.1) is 12.6 Å². The first kappa shape index (κ1) is 16.0. The molecule has 2 rings (SSSR count). The molecule has 2 amide bonds. The number of aliphatic carboxylic acids is 1. The normalized spacial score (nSPS) is 23.8. The standard InChI is InChI=1S/C14H25N3O4/c18-13(19)11-16-6-8-17(9-7-16)14(20)15-5-4-12-3-1-2-10-21-12/h12H,1-11H2,(H,15,20)(H,18,19). The zero-order valence-corrected chi connectivity index (χ0v) is 12.4. The Balaban J connectivity index is 1.59. The van der Waals surface area contributed by atoms with Crippen LogP contribution in [0.1, 0.15) is 25.7 Å². The van der Waals surface area contributed by atoms with Crippen molar-refractivity contribution < 1.29 is 19.4 Å². The van der Waals surface area contributed by atoms with E-state index < -0.39 is 5.97 Å². The van der Waals surface area contributed by atoms with Crippen LogP contribution in [-0.4, -0.2) is 78.9 Å². The first-order valence-corrected chi connectivity index (χ1v) is 7.73. The van der Waals surface area contributed by atoms with Gasteiger partial charge in [-0.2, -0.15) is 0 Å². The Morgan fingerprint density at radius 1 is 1.19 bits per heavy atom. The van der Waals surface area contributed by atoms with Crippen molar-refractivity contribution in [2.24, 2.45) is 0 Å². The van der Waals surface area contributed by atoms with Crippen molar-refractivity contribution in [3.63, 3.8) is 0 Å². The van der Waals surface area contributed by atoms with Crippen LogP contribution in [0.3, 0.4) is 0 Å². The number of carbonyl (C=O) groups is 2. The molecule has 0 aliphatic carbocycles. The van der Waals surface area contributed by atoms with Crippen LogP contribution >= 0.6 is 0 Å². The minimum Gasteiger partial charge on any atom is -0.480 e. The molecule has 120 valence electrons. The maximum Gasteiger partial charge on any atom is 0.317 e. The molecule has 2 fully saturated rings. The van der Waals surface area contributed by atoms with Crippen LogP contribution in [0.25, 0.3) is 0 Å². The van der Waals surface area contributed by atoms with E-state index in [-0.39, 0.29) is 18.7 Å². The Morgan fingerprint density at radius 2 is 1.95 bits per heavy atom. The molecule has 0 saturated carbocycles. The van der Waals surface area contributed by atoms with Gasteiger partial charge in [0.15, 0.2) is 0 Å². The SMILES string of the molecule is O=C(O)CN1CCN(C(=O)NCCC2CCCCO2)CC1. The number of ether oxygens (including phenoxy) is 1. The molecule has 1 unspecified atom stereocenters. The molecule has 0 bridgehead atoms. The monoisotopic (exact) mass is 299 g/mol. The lowest BCUT2D eigenvalue weighted by atomic mass is 10.1. The lowest BCUT2D eigenvalue weighted by Crippen LogP contribution is -2.52. The molecule has 2 N–H and O–H groups in total. The highest BCUT2D eigenvalue weighted by Crippen LogP contribution is 2.14. The first-order valence-electron chi connectivity index (χ1n) is 7.73. The van der Waals surface area contributed by atoms with Gasteiger partial charge in [0, 0.05) is 39.3 Å². The van der Waals surface area contributed by atoms with Crippen LogP contribution in [-0.2, 0) is 9.53 Å². The summed E-state index contributed by atoms with van der Waals surface area (Å²) in [5, 5.41) is 11.7. The third kappa shape index (κ3) is 5.51. The van der Waals surface area contributed by atoms with E-state index in [1.54, 1.807) is 4.90 Å². The van der Waals surface area contributed by atoms with Crippen molar-refractivity contribution >= 4 is 12.0 Å². The van der Waals surface area contributed by atoms with Gasteiger partial charge in [-0.15, -0.1) is 0 Å². The van der Waals surface area contributed by atoms with Crippen LogP contribution in [0.2, 0.25) is 0 Å². The number of urea groups is 1. The van der Waals surface area contributed by atoms with Gasteiger partial charge < -0.3 is 20.1 Å². The Morgan fingerprint density at radius 3 is 2.57 bits per heavy atom. The Kier molecular flexibility index (Phi) is 6.25. The van der Waals surface area contributed by atoms with Crippen LogP contribution < -0.4 is 5.32 Å². The molecule has 0 spiro atoms. The van der Waals surface area contributed by atoms with Gasteiger partial charge in [-0.25, -0.2) is 4.79 Å². The summed E-state index contributed by atoms with van der Waals surface area (Å²) in [4.78, 5) is 26.2. The zero-order valence-electron chi connectivity index (χ0n) is 12.4. The molecule has 1 atom stereocenters. The molecule has 7 heteroatoms. The molecular weight excluding hydrogens is 274 g/mol. The van der Waals surface area contributed by atoms with E-state index in [1.807, 2.05) is 4.90 Å². The molecule has 2 aliphatic heterocycles. The maximum atomic E-state index is 12.0. The summed E-state index contributed by atoms with van der Waals surface area (Å²) in [7, 11) is 0. The predicted octanol–water partition coefficient (Wildman–Crippen LogP) is 0.357. The van der Waals surface area contributed by atoms with Crippen LogP contribution in [0, 0.1) is 0 Å². The van der Waals surface area contributed by atoms with Gasteiger partial charge >= 0.3 is 12.0 Å². The molecule has 0 aromatic rings. The molecule has 2 saturated heterocycles. The van der Waals surface area contributed by atoms with E-state index in [2.05, 4.69) is 5.32 Å². The molecule has 2 heterocycles. The van der Waals surface area contributed by atoms with Crippen molar-refractivity contribution in [2.75, 3.05) is 45.9 Å². The number of carbonyl (C=O) groups excluding carboxylic acids is 1. The van der Waals surface area contributed by atoms with Gasteiger partial charge in [0.25, 0.3) is 0 Å². The summed E-state index contributed by atoms with van der Waals surface area (Å²) in [6.07, 6.45) is 4.59. The van der Waals surface area contributed by atoms with Gasteiger partial charge in [-0.1, -0.05) is 0 Å². The third-order valence-electron chi connectivity index (χ3n) is 4.03. The summed E-state index contributed by atoms with van der Waals surface area (Å²) < 4.78 is 5.63. The van der Waals surface area contributed by atoms with E-state index in [0.29, 0.717) is 32.7 Å². The number of nitrogens with zero attached hydrogens (tertiary/aromatic N) is 2. The Bertz CT molecular complexity index is 350. The second kappa shape index (κ2) is 8.19. The van der Waals surface area contributed by atoms with E-state index in [4.69, 9.17) is 9.84 Å². The molecule has 0 aromatic heterocycles. The van der Waals surface area contributed by atoms with Crippen LogP contribution in [0.15, 0.2) is 0 Å². The second-order valence-corrected chi connectivity index (χ2v) is 5.67. The number of nitrogens with one attached hydrogen (secondary N) is 1. The predicted molar refractivity (Wildman–Crippen MR) is 77.3 cm³/mol. The topological polar surface area (TPSA) is 82.1 Å². The number of carboxylic acid groups (broad SMARTS) is 1. The van der Waals surface area contributed by atoms with Crippen molar-refractivity contribution in [3.05, 3.63) is 0 Å². The lowest BCUT2D eigenvalue weighted by Gasteiger charge is -2.33. The largest absolute Gasteiger partial charge is 0.480 e. The van der Waals surface area contributed by atoms with Gasteiger partial charge in [0.1, 0.15) is 0 Å². The molecule has 7 nitrogen and oxygen atoms in total. The molecule has 0 radical (unpaired) electrons. The van der Waals surface area contributed by atoms with Gasteiger partial charge in [0.2, 0.25) is 0 Å². The first-order chi connectivity index (χ1) is 10.1. The summed E-state index contributed by atoms with van der Waals surface area (Å²) in [6.45, 7) is 3.92. The number of rotatable bonds is 5. The van der Waals surface area contributed by atoms with E-state index in [1.165, 1.54) is 6.42 Å². The molecule has 0 aromatic carbocycles. The molecular formula is C14H25N3O4. The maximum absolute atomic E-state index is 12.0. The van der Waals surface area contributed by atoms with E-state index in [9.17, 15) is 9.59 Å². The number of hydrogen-bond donors (Lipinski definition) is 2. The summed E-state index contributed by atoms with van der Waals surface area (Å²) in [5.74, 6) is -0.819. The van der Waals surface area contributed by atoms with Crippen LogP contribution in [0.5, 0.6) is 0 Å².